The van der Waals surface area contributed by atoms with Gasteiger partial charge in [0.1, 0.15) is 5.60 Å². The molecule has 0 radical (unpaired) electrons. The van der Waals surface area contributed by atoms with Gasteiger partial charge in [-0.05, 0) is 50.0 Å². The Morgan fingerprint density at radius 2 is 1.81 bits per heavy atom. The highest BCUT2D eigenvalue weighted by molar-refractivity contribution is 5.88. The molecule has 112 valence electrons. The summed E-state index contributed by atoms with van der Waals surface area (Å²) >= 11 is 0. The molecule has 2 N–H and O–H groups in total. The van der Waals surface area contributed by atoms with E-state index in [0.29, 0.717) is 11.8 Å². The number of benzene rings is 1. The van der Waals surface area contributed by atoms with Crippen LogP contribution in [0.4, 0.5) is 0 Å². The normalized spacial score (nSPS) is 20.5. The second-order valence-electron chi connectivity index (χ2n) is 6.55. The lowest BCUT2D eigenvalue weighted by Crippen LogP contribution is -2.38. The van der Waals surface area contributed by atoms with Crippen molar-refractivity contribution in [2.24, 2.45) is 11.8 Å². The zero-order valence-electron chi connectivity index (χ0n) is 12.5. The molecule has 2 fully saturated rings. The molecule has 21 heavy (non-hydrogen) atoms. The highest BCUT2D eigenvalue weighted by Crippen LogP contribution is 2.48. The van der Waals surface area contributed by atoms with Gasteiger partial charge in [-0.3, -0.25) is 4.79 Å². The Kier molecular flexibility index (Phi) is 3.85. The molecule has 1 amide bonds. The van der Waals surface area contributed by atoms with Gasteiger partial charge in [0.05, 0.1) is 6.54 Å². The first kappa shape index (κ1) is 14.3. The Labute approximate surface area is 126 Å². The molecular weight excluding hydrogens is 262 g/mol. The van der Waals surface area contributed by atoms with E-state index in [1.54, 1.807) is 13.0 Å². The topological polar surface area (TPSA) is 49.3 Å². The number of carbonyl (C=O) groups is 1. The maximum Gasteiger partial charge on any atom is 0.244 e. The maximum atomic E-state index is 12.1. The van der Waals surface area contributed by atoms with Crippen LogP contribution in [0.15, 0.2) is 42.0 Å². The molecule has 1 aromatic carbocycles. The highest BCUT2D eigenvalue weighted by Gasteiger charge is 2.36. The number of rotatable bonds is 6. The first-order chi connectivity index (χ1) is 10.1. The molecule has 0 saturated heterocycles. The molecule has 1 atom stereocenters. The van der Waals surface area contributed by atoms with E-state index < -0.39 is 5.60 Å². The molecule has 1 aromatic rings. The van der Waals surface area contributed by atoms with E-state index in [9.17, 15) is 9.90 Å². The maximum absolute atomic E-state index is 12.1. The predicted molar refractivity (Wildman–Crippen MR) is 82.6 cm³/mol. The van der Waals surface area contributed by atoms with E-state index in [2.05, 4.69) is 5.32 Å². The number of carbonyl (C=O) groups excluding carboxylic acids is 1. The summed E-state index contributed by atoms with van der Waals surface area (Å²) in [5.74, 6) is 1.23. The lowest BCUT2D eigenvalue weighted by Gasteiger charge is -2.24. The number of allylic oxidation sites excluding steroid dienone is 1. The first-order valence-electron chi connectivity index (χ1n) is 7.83. The minimum absolute atomic E-state index is 0.0694. The fourth-order valence-corrected chi connectivity index (χ4v) is 2.76. The van der Waals surface area contributed by atoms with Gasteiger partial charge in [0, 0.05) is 6.08 Å². The third-order valence-electron chi connectivity index (χ3n) is 4.40. The van der Waals surface area contributed by atoms with Crippen LogP contribution in [0.1, 0.15) is 38.2 Å². The van der Waals surface area contributed by atoms with Crippen LogP contribution in [0.25, 0.3) is 0 Å². The van der Waals surface area contributed by atoms with E-state index in [1.165, 1.54) is 31.3 Å². The number of hydrogen-bond donors (Lipinski definition) is 2. The van der Waals surface area contributed by atoms with Crippen molar-refractivity contribution in [1.29, 1.82) is 0 Å². The Morgan fingerprint density at radius 1 is 1.24 bits per heavy atom. The number of nitrogens with one attached hydrogen (secondary N) is 1. The van der Waals surface area contributed by atoms with Crippen molar-refractivity contribution < 1.29 is 9.90 Å². The fraction of sp³-hybridized carbons (Fsp3) is 0.500. The summed E-state index contributed by atoms with van der Waals surface area (Å²) in [6, 6.07) is 9.45. The van der Waals surface area contributed by atoms with E-state index in [0.717, 1.165) is 5.56 Å². The quantitative estimate of drug-likeness (QED) is 0.790. The van der Waals surface area contributed by atoms with E-state index in [1.807, 2.05) is 30.3 Å². The van der Waals surface area contributed by atoms with Gasteiger partial charge < -0.3 is 10.4 Å². The van der Waals surface area contributed by atoms with Gasteiger partial charge in [0.25, 0.3) is 0 Å². The van der Waals surface area contributed by atoms with Gasteiger partial charge in [-0.1, -0.05) is 35.9 Å². The molecule has 3 heteroatoms. The van der Waals surface area contributed by atoms with Crippen LogP contribution in [-0.4, -0.2) is 17.6 Å². The van der Waals surface area contributed by atoms with Crippen molar-refractivity contribution in [3.8, 4) is 0 Å². The Hall–Kier alpha value is -1.61. The fourth-order valence-electron chi connectivity index (χ4n) is 2.76. The van der Waals surface area contributed by atoms with E-state index in [-0.39, 0.29) is 12.5 Å². The lowest BCUT2D eigenvalue weighted by atomic mass is 9.96. The molecule has 0 aromatic heterocycles. The van der Waals surface area contributed by atoms with Crippen LogP contribution in [0, 0.1) is 11.8 Å². The van der Waals surface area contributed by atoms with Crippen molar-refractivity contribution in [2.45, 2.75) is 38.2 Å². The van der Waals surface area contributed by atoms with Crippen molar-refractivity contribution in [3.05, 3.63) is 47.5 Å². The number of amides is 1. The summed E-state index contributed by atoms with van der Waals surface area (Å²) in [4.78, 5) is 12.1. The van der Waals surface area contributed by atoms with Gasteiger partial charge in [0.15, 0.2) is 0 Å². The zero-order valence-corrected chi connectivity index (χ0v) is 12.5. The standard InChI is InChI=1S/C18H23NO2/c1-18(21,15-5-3-2-4-6-15)12-19-17(20)11-16(13-7-8-13)14-9-10-14/h2-6,11,13-14,21H,7-10,12H2,1H3,(H,19,20). The molecule has 3 rings (SSSR count). The average molecular weight is 285 g/mol. The summed E-state index contributed by atoms with van der Waals surface area (Å²) in [7, 11) is 0. The summed E-state index contributed by atoms with van der Waals surface area (Å²) in [6.45, 7) is 1.96. The molecule has 0 spiro atoms. The minimum Gasteiger partial charge on any atom is -0.384 e. The summed E-state index contributed by atoms with van der Waals surface area (Å²) in [5, 5.41) is 13.3. The number of aliphatic hydroxyl groups is 1. The highest BCUT2D eigenvalue weighted by atomic mass is 16.3. The van der Waals surface area contributed by atoms with Crippen molar-refractivity contribution >= 4 is 5.91 Å². The summed E-state index contributed by atoms with van der Waals surface area (Å²) < 4.78 is 0. The molecule has 2 aliphatic carbocycles. The molecule has 1 unspecified atom stereocenters. The molecule has 0 heterocycles. The average Bonchev–Trinajstić information content (AvgIpc) is 3.37. The third kappa shape index (κ3) is 3.73. The van der Waals surface area contributed by atoms with Gasteiger partial charge in [-0.15, -0.1) is 0 Å². The third-order valence-corrected chi connectivity index (χ3v) is 4.40. The van der Waals surface area contributed by atoms with Gasteiger partial charge in [-0.2, -0.15) is 0 Å². The zero-order chi connectivity index (χ0) is 14.9. The second kappa shape index (κ2) is 5.64. The van der Waals surface area contributed by atoms with Crippen LogP contribution in [0.5, 0.6) is 0 Å². The van der Waals surface area contributed by atoms with Crippen molar-refractivity contribution in [1.82, 2.24) is 5.32 Å². The van der Waals surface area contributed by atoms with Crippen molar-refractivity contribution in [2.75, 3.05) is 6.54 Å². The molecule has 0 aliphatic heterocycles. The summed E-state index contributed by atoms with van der Waals surface area (Å²) in [5.41, 5.74) is 1.12. The summed E-state index contributed by atoms with van der Waals surface area (Å²) in [6.07, 6.45) is 6.72. The molecule has 0 bridgehead atoms. The minimum atomic E-state index is -1.04. The Balaban J connectivity index is 1.59. The van der Waals surface area contributed by atoms with E-state index >= 15 is 0 Å². The van der Waals surface area contributed by atoms with Crippen molar-refractivity contribution in [3.63, 3.8) is 0 Å². The molecule has 3 nitrogen and oxygen atoms in total. The van der Waals surface area contributed by atoms with Crippen LogP contribution in [0.3, 0.4) is 0 Å². The predicted octanol–water partition coefficient (Wildman–Crippen LogP) is 2.76. The second-order valence-corrected chi connectivity index (χ2v) is 6.55. The largest absolute Gasteiger partial charge is 0.384 e. The van der Waals surface area contributed by atoms with Gasteiger partial charge in [-0.25, -0.2) is 0 Å². The first-order valence-corrected chi connectivity index (χ1v) is 7.83. The van der Waals surface area contributed by atoms with Crippen LogP contribution >= 0.6 is 0 Å². The number of hydrogen-bond acceptors (Lipinski definition) is 2. The van der Waals surface area contributed by atoms with E-state index in [4.69, 9.17) is 0 Å². The Bertz CT molecular complexity index is 526. The lowest BCUT2D eigenvalue weighted by molar-refractivity contribution is -0.117. The molecule has 2 aliphatic rings. The molecular formula is C18H23NO2. The Morgan fingerprint density at radius 3 is 2.33 bits per heavy atom. The molecule has 2 saturated carbocycles. The monoisotopic (exact) mass is 285 g/mol. The van der Waals surface area contributed by atoms with Gasteiger partial charge >= 0.3 is 0 Å². The van der Waals surface area contributed by atoms with Crippen LogP contribution in [0.2, 0.25) is 0 Å². The van der Waals surface area contributed by atoms with Crippen LogP contribution in [-0.2, 0) is 10.4 Å². The van der Waals surface area contributed by atoms with Gasteiger partial charge in [0.2, 0.25) is 5.91 Å². The smallest absolute Gasteiger partial charge is 0.244 e. The SMILES string of the molecule is CC(O)(CNC(=O)C=C(C1CC1)C1CC1)c1ccccc1. The van der Waals surface area contributed by atoms with Crippen LogP contribution < -0.4 is 5.32 Å².